The third-order valence-corrected chi connectivity index (χ3v) is 5.34. The highest BCUT2D eigenvalue weighted by Crippen LogP contribution is 2.33. The zero-order chi connectivity index (χ0) is 19.7. The predicted octanol–water partition coefficient (Wildman–Crippen LogP) is 2.52. The molecule has 5 N–H and O–H groups in total. The number of halogens is 1. The Morgan fingerprint density at radius 2 is 2.14 bits per heavy atom. The molecule has 10 heteroatoms. The summed E-state index contributed by atoms with van der Waals surface area (Å²) in [6, 6.07) is 5.29. The maximum Gasteiger partial charge on any atom is 0.271 e. The van der Waals surface area contributed by atoms with Crippen LogP contribution in [0.4, 0.5) is 17.2 Å². The van der Waals surface area contributed by atoms with Gasteiger partial charge in [0.2, 0.25) is 0 Å². The zero-order valence-corrected chi connectivity index (χ0v) is 16.4. The van der Waals surface area contributed by atoms with Gasteiger partial charge in [-0.1, -0.05) is 0 Å². The quantitative estimate of drug-likeness (QED) is 0.361. The van der Waals surface area contributed by atoms with Gasteiger partial charge in [-0.05, 0) is 34.1 Å². The first-order chi connectivity index (χ1) is 13.6. The van der Waals surface area contributed by atoms with E-state index in [1.807, 2.05) is 0 Å². The van der Waals surface area contributed by atoms with E-state index in [2.05, 4.69) is 36.2 Å². The van der Waals surface area contributed by atoms with Gasteiger partial charge in [0.05, 0.1) is 23.1 Å². The van der Waals surface area contributed by atoms with Crippen LogP contribution in [0.2, 0.25) is 0 Å². The SMILES string of the molecule is N=Cc1cc(Nc2ncnc3[nH]c(C(=O)N4CCOCC4)c(Br)c23)ccc1N. The number of H-pyrrole nitrogens is 1. The first-order valence-corrected chi connectivity index (χ1v) is 9.44. The van der Waals surface area contributed by atoms with Crippen molar-refractivity contribution < 1.29 is 9.53 Å². The lowest BCUT2D eigenvalue weighted by Gasteiger charge is -2.26. The summed E-state index contributed by atoms with van der Waals surface area (Å²) in [4.78, 5) is 26.3. The van der Waals surface area contributed by atoms with E-state index in [0.717, 1.165) is 5.69 Å². The molecule has 1 aliphatic heterocycles. The number of nitrogen functional groups attached to an aromatic ring is 1. The van der Waals surface area contributed by atoms with E-state index in [0.29, 0.717) is 64.6 Å². The van der Waals surface area contributed by atoms with Crippen LogP contribution in [-0.2, 0) is 4.74 Å². The van der Waals surface area contributed by atoms with Gasteiger partial charge in [-0.2, -0.15) is 0 Å². The third-order valence-electron chi connectivity index (χ3n) is 4.55. The molecule has 4 rings (SSSR count). The van der Waals surface area contributed by atoms with Crippen LogP contribution in [0.1, 0.15) is 16.1 Å². The molecular formula is C18H18BrN7O2. The van der Waals surface area contributed by atoms with Gasteiger partial charge in [0.25, 0.3) is 5.91 Å². The Morgan fingerprint density at radius 1 is 1.36 bits per heavy atom. The average molecular weight is 444 g/mol. The molecule has 1 aliphatic rings. The first kappa shape index (κ1) is 18.4. The summed E-state index contributed by atoms with van der Waals surface area (Å²) in [6.45, 7) is 2.16. The van der Waals surface area contributed by atoms with Gasteiger partial charge in [0.1, 0.15) is 23.5 Å². The molecule has 0 unspecified atom stereocenters. The highest BCUT2D eigenvalue weighted by Gasteiger charge is 2.25. The Bertz CT molecular complexity index is 1060. The molecule has 2 aromatic heterocycles. The molecule has 144 valence electrons. The number of aromatic amines is 1. The number of rotatable bonds is 4. The maximum atomic E-state index is 12.9. The molecule has 0 aliphatic carbocycles. The third kappa shape index (κ3) is 3.32. The molecule has 1 fully saturated rings. The number of amides is 1. The van der Waals surface area contributed by atoms with Gasteiger partial charge in [-0.3, -0.25) is 4.79 Å². The number of ether oxygens (including phenoxy) is 1. The van der Waals surface area contributed by atoms with Crippen LogP contribution in [0.25, 0.3) is 11.0 Å². The number of nitrogens with two attached hydrogens (primary N) is 1. The number of fused-ring (bicyclic) bond motifs is 1. The van der Waals surface area contributed by atoms with E-state index in [4.69, 9.17) is 15.9 Å². The molecule has 0 radical (unpaired) electrons. The van der Waals surface area contributed by atoms with Crippen molar-refractivity contribution in [3.8, 4) is 0 Å². The largest absolute Gasteiger partial charge is 0.398 e. The van der Waals surface area contributed by atoms with Crippen molar-refractivity contribution in [2.45, 2.75) is 0 Å². The highest BCUT2D eigenvalue weighted by atomic mass is 79.9. The van der Waals surface area contributed by atoms with Crippen molar-refractivity contribution in [1.29, 1.82) is 5.41 Å². The molecule has 3 heterocycles. The predicted molar refractivity (Wildman–Crippen MR) is 110 cm³/mol. The fraction of sp³-hybridized carbons (Fsp3) is 0.222. The number of hydrogen-bond donors (Lipinski definition) is 4. The number of benzene rings is 1. The van der Waals surface area contributed by atoms with Gasteiger partial charge < -0.3 is 31.1 Å². The minimum absolute atomic E-state index is 0.113. The molecular weight excluding hydrogens is 426 g/mol. The number of hydrogen-bond acceptors (Lipinski definition) is 7. The molecule has 0 bridgehead atoms. The monoisotopic (exact) mass is 443 g/mol. The molecule has 1 amide bonds. The van der Waals surface area contributed by atoms with Crippen molar-refractivity contribution in [1.82, 2.24) is 19.9 Å². The van der Waals surface area contributed by atoms with Crippen LogP contribution in [0.3, 0.4) is 0 Å². The van der Waals surface area contributed by atoms with E-state index in [9.17, 15) is 4.79 Å². The topological polar surface area (TPSA) is 133 Å². The summed E-state index contributed by atoms with van der Waals surface area (Å²) in [7, 11) is 0. The van der Waals surface area contributed by atoms with Crippen LogP contribution in [0.15, 0.2) is 29.0 Å². The molecule has 0 saturated carbocycles. The summed E-state index contributed by atoms with van der Waals surface area (Å²) in [6.07, 6.45) is 2.62. The number of nitrogens with one attached hydrogen (secondary N) is 3. The Balaban J connectivity index is 1.71. The molecule has 28 heavy (non-hydrogen) atoms. The highest BCUT2D eigenvalue weighted by molar-refractivity contribution is 9.10. The van der Waals surface area contributed by atoms with Crippen LogP contribution < -0.4 is 11.1 Å². The average Bonchev–Trinajstić information content (AvgIpc) is 3.07. The smallest absolute Gasteiger partial charge is 0.271 e. The minimum atomic E-state index is -0.113. The summed E-state index contributed by atoms with van der Waals surface area (Å²) in [5.74, 6) is 0.424. The van der Waals surface area contributed by atoms with Gasteiger partial charge >= 0.3 is 0 Å². The molecule has 3 aromatic rings. The second-order valence-electron chi connectivity index (χ2n) is 6.28. The van der Waals surface area contributed by atoms with Crippen LogP contribution in [0, 0.1) is 5.41 Å². The maximum absolute atomic E-state index is 12.9. The Kier molecular flexibility index (Phi) is 4.97. The lowest BCUT2D eigenvalue weighted by Crippen LogP contribution is -2.40. The second kappa shape index (κ2) is 7.56. The van der Waals surface area contributed by atoms with Gasteiger partial charge in [-0.15, -0.1) is 0 Å². The fourth-order valence-corrected chi connectivity index (χ4v) is 3.71. The van der Waals surface area contributed by atoms with E-state index in [1.54, 1.807) is 23.1 Å². The first-order valence-electron chi connectivity index (χ1n) is 8.64. The molecule has 1 aromatic carbocycles. The molecule has 1 saturated heterocycles. The number of morpholine rings is 1. The Morgan fingerprint density at radius 3 is 2.89 bits per heavy atom. The van der Waals surface area contributed by atoms with Crippen LogP contribution in [-0.4, -0.2) is 58.3 Å². The number of anilines is 3. The van der Waals surface area contributed by atoms with Crippen LogP contribution in [0.5, 0.6) is 0 Å². The lowest BCUT2D eigenvalue weighted by atomic mass is 10.1. The van der Waals surface area contributed by atoms with Crippen molar-refractivity contribution in [3.63, 3.8) is 0 Å². The molecule has 0 spiro atoms. The van der Waals surface area contributed by atoms with Crippen LogP contribution >= 0.6 is 15.9 Å². The Hall–Kier alpha value is -2.98. The second-order valence-corrected chi connectivity index (χ2v) is 7.07. The van der Waals surface area contributed by atoms with Crippen molar-refractivity contribution in [2.75, 3.05) is 37.4 Å². The van der Waals surface area contributed by atoms with Crippen molar-refractivity contribution in [2.24, 2.45) is 0 Å². The van der Waals surface area contributed by atoms with E-state index < -0.39 is 0 Å². The van der Waals surface area contributed by atoms with E-state index in [-0.39, 0.29) is 5.91 Å². The molecule has 9 nitrogen and oxygen atoms in total. The van der Waals surface area contributed by atoms with Gasteiger partial charge in [0.15, 0.2) is 0 Å². The number of aromatic nitrogens is 3. The van der Waals surface area contributed by atoms with E-state index in [1.165, 1.54) is 12.5 Å². The fourth-order valence-electron chi connectivity index (χ4n) is 3.07. The number of carbonyl (C=O) groups excluding carboxylic acids is 1. The van der Waals surface area contributed by atoms with Gasteiger partial charge in [0, 0.05) is 36.2 Å². The van der Waals surface area contributed by atoms with Crippen molar-refractivity contribution in [3.05, 3.63) is 40.3 Å². The summed E-state index contributed by atoms with van der Waals surface area (Å²) in [5, 5.41) is 11.3. The van der Waals surface area contributed by atoms with E-state index >= 15 is 0 Å². The normalized spacial score (nSPS) is 14.2. The Labute approximate surface area is 168 Å². The summed E-state index contributed by atoms with van der Waals surface area (Å²) in [5.41, 5.74) is 8.67. The number of nitrogens with zero attached hydrogens (tertiary/aromatic N) is 3. The summed E-state index contributed by atoms with van der Waals surface area (Å²) < 4.78 is 5.92. The lowest BCUT2D eigenvalue weighted by molar-refractivity contribution is 0.0299. The molecule has 0 atom stereocenters. The standard InChI is InChI=1S/C18H18BrN7O2/c19-14-13-16(24-11-1-2-12(21)10(7-11)8-20)22-9-23-17(13)25-15(14)18(27)26-3-5-28-6-4-26/h1-2,7-9,20H,3-6,21H2,(H2,22,23,24,25). The van der Waals surface area contributed by atoms with Gasteiger partial charge in [-0.25, -0.2) is 9.97 Å². The number of carbonyl (C=O) groups is 1. The summed E-state index contributed by atoms with van der Waals surface area (Å²) >= 11 is 3.54. The minimum Gasteiger partial charge on any atom is -0.398 e. The van der Waals surface area contributed by atoms with Crippen molar-refractivity contribution >= 4 is 56.3 Å². The zero-order valence-electron chi connectivity index (χ0n) is 14.8.